The molecule has 0 aliphatic heterocycles. The molecule has 10 heteroatoms. The standard InChI is InChI=1S/C21H30O8S2/c1-4-21(29-31(25,26)27)10-8-18-19-13(2)11-14-12-15(28-30(22,23)24)5-6-16(14)17(19)7-9-20(18,21)3/h1,13,15,17-19H,5-12H2,2-3H3,(H,22,23,24)(H,25,26,27)/t13-,15-,17-,18+,19-,20+,21+/m1/s1. The third kappa shape index (κ3) is 3.98. The molecule has 0 saturated heterocycles. The van der Waals surface area contributed by atoms with Gasteiger partial charge < -0.3 is 0 Å². The molecule has 4 aliphatic carbocycles. The summed E-state index contributed by atoms with van der Waals surface area (Å²) in [5, 5.41) is 0. The zero-order valence-electron chi connectivity index (χ0n) is 17.8. The molecule has 0 spiro atoms. The van der Waals surface area contributed by atoms with Gasteiger partial charge in [-0.05, 0) is 75.0 Å². The zero-order valence-corrected chi connectivity index (χ0v) is 19.4. The zero-order chi connectivity index (χ0) is 22.8. The smallest absolute Gasteiger partial charge is 0.264 e. The van der Waals surface area contributed by atoms with Crippen molar-refractivity contribution in [2.75, 3.05) is 0 Å². The van der Waals surface area contributed by atoms with Crippen LogP contribution < -0.4 is 0 Å². The van der Waals surface area contributed by atoms with E-state index in [2.05, 4.69) is 12.8 Å². The van der Waals surface area contributed by atoms with Crippen molar-refractivity contribution in [2.24, 2.45) is 29.1 Å². The Morgan fingerprint density at radius 3 is 2.39 bits per heavy atom. The number of fused-ring (bicyclic) bond motifs is 4. The van der Waals surface area contributed by atoms with Gasteiger partial charge in [-0.15, -0.1) is 6.42 Å². The molecule has 2 fully saturated rings. The number of terminal acetylenes is 1. The fraction of sp³-hybridized carbons (Fsp3) is 0.810. The van der Waals surface area contributed by atoms with Crippen LogP contribution in [-0.2, 0) is 29.2 Å². The summed E-state index contributed by atoms with van der Waals surface area (Å²) in [6.07, 6.45) is 10.5. The summed E-state index contributed by atoms with van der Waals surface area (Å²) in [5.74, 6) is 3.72. The molecule has 4 rings (SSSR count). The Labute approximate surface area is 184 Å². The maximum absolute atomic E-state index is 11.6. The van der Waals surface area contributed by atoms with E-state index in [1.165, 1.54) is 11.1 Å². The van der Waals surface area contributed by atoms with Gasteiger partial charge >= 0.3 is 20.8 Å². The van der Waals surface area contributed by atoms with Gasteiger partial charge in [0.1, 0.15) is 0 Å². The third-order valence-corrected chi connectivity index (χ3v) is 9.54. The van der Waals surface area contributed by atoms with Crippen molar-refractivity contribution in [1.82, 2.24) is 0 Å². The molecule has 0 aromatic heterocycles. The van der Waals surface area contributed by atoms with Crippen LogP contribution in [0.5, 0.6) is 0 Å². The van der Waals surface area contributed by atoms with Crippen LogP contribution in [0.1, 0.15) is 65.2 Å². The Kier molecular flexibility index (Phi) is 5.64. The molecular weight excluding hydrogens is 444 g/mol. The van der Waals surface area contributed by atoms with E-state index in [9.17, 15) is 21.4 Å². The molecule has 0 heterocycles. The normalized spacial score (nSPS) is 43.0. The number of hydrogen-bond acceptors (Lipinski definition) is 6. The van der Waals surface area contributed by atoms with E-state index in [0.717, 1.165) is 25.7 Å². The molecular formula is C21H30O8S2. The van der Waals surface area contributed by atoms with Crippen LogP contribution in [0.4, 0.5) is 0 Å². The lowest BCUT2D eigenvalue weighted by Crippen LogP contribution is -2.54. The molecule has 31 heavy (non-hydrogen) atoms. The lowest BCUT2D eigenvalue weighted by atomic mass is 9.50. The molecule has 0 unspecified atom stereocenters. The van der Waals surface area contributed by atoms with Crippen molar-refractivity contribution in [3.8, 4) is 12.3 Å². The van der Waals surface area contributed by atoms with Crippen LogP contribution in [0.3, 0.4) is 0 Å². The van der Waals surface area contributed by atoms with E-state index < -0.39 is 37.9 Å². The van der Waals surface area contributed by atoms with E-state index in [1.54, 1.807) is 0 Å². The third-order valence-electron chi connectivity index (χ3n) is 8.53. The predicted molar refractivity (Wildman–Crippen MR) is 112 cm³/mol. The fourth-order valence-electron chi connectivity index (χ4n) is 7.41. The van der Waals surface area contributed by atoms with E-state index in [1.807, 2.05) is 6.92 Å². The molecule has 0 amide bonds. The summed E-state index contributed by atoms with van der Waals surface area (Å²) in [6, 6.07) is 0. The van der Waals surface area contributed by atoms with Crippen LogP contribution in [0, 0.1) is 41.4 Å². The highest BCUT2D eigenvalue weighted by atomic mass is 32.3. The minimum Gasteiger partial charge on any atom is -0.264 e. The van der Waals surface area contributed by atoms with Gasteiger partial charge in [-0.3, -0.25) is 9.11 Å². The quantitative estimate of drug-likeness (QED) is 0.361. The van der Waals surface area contributed by atoms with Crippen LogP contribution >= 0.6 is 0 Å². The van der Waals surface area contributed by atoms with Gasteiger partial charge in [0.2, 0.25) is 0 Å². The summed E-state index contributed by atoms with van der Waals surface area (Å²) in [7, 11) is -9.16. The van der Waals surface area contributed by atoms with Crippen molar-refractivity contribution in [1.29, 1.82) is 0 Å². The highest BCUT2D eigenvalue weighted by Crippen LogP contribution is 2.66. The maximum atomic E-state index is 11.6. The van der Waals surface area contributed by atoms with E-state index in [-0.39, 0.29) is 5.92 Å². The van der Waals surface area contributed by atoms with Crippen molar-refractivity contribution in [3.05, 3.63) is 11.1 Å². The van der Waals surface area contributed by atoms with Crippen molar-refractivity contribution < 1.29 is 34.3 Å². The molecule has 7 atom stereocenters. The average Bonchev–Trinajstić information content (AvgIpc) is 2.91. The lowest BCUT2D eigenvalue weighted by Gasteiger charge is -2.55. The summed E-state index contributed by atoms with van der Waals surface area (Å²) < 4.78 is 73.9. The first kappa shape index (κ1) is 23.2. The maximum Gasteiger partial charge on any atom is 0.398 e. The summed E-state index contributed by atoms with van der Waals surface area (Å²) in [6.45, 7) is 4.18. The summed E-state index contributed by atoms with van der Waals surface area (Å²) in [5.41, 5.74) is 0.698. The molecule has 0 aromatic rings. The minimum absolute atomic E-state index is 0.167. The topological polar surface area (TPSA) is 127 Å². The number of rotatable bonds is 4. The largest absolute Gasteiger partial charge is 0.398 e. The van der Waals surface area contributed by atoms with Crippen molar-refractivity contribution in [3.63, 3.8) is 0 Å². The second-order valence-electron chi connectivity index (χ2n) is 9.97. The predicted octanol–water partition coefficient (Wildman–Crippen LogP) is 3.33. The molecule has 4 aliphatic rings. The molecule has 174 valence electrons. The Bertz CT molecular complexity index is 1040. The highest BCUT2D eigenvalue weighted by Gasteiger charge is 2.65. The average molecular weight is 475 g/mol. The first-order valence-corrected chi connectivity index (χ1v) is 13.5. The molecule has 2 N–H and O–H groups in total. The summed E-state index contributed by atoms with van der Waals surface area (Å²) in [4.78, 5) is 0. The second-order valence-corrected chi connectivity index (χ2v) is 12.0. The monoisotopic (exact) mass is 474 g/mol. The molecule has 2 saturated carbocycles. The Morgan fingerprint density at radius 1 is 1.06 bits per heavy atom. The Morgan fingerprint density at radius 2 is 1.77 bits per heavy atom. The minimum atomic E-state index is -4.69. The van der Waals surface area contributed by atoms with Gasteiger partial charge in [0.15, 0.2) is 5.60 Å². The van der Waals surface area contributed by atoms with Crippen molar-refractivity contribution in [2.45, 2.75) is 76.9 Å². The van der Waals surface area contributed by atoms with Gasteiger partial charge in [0.05, 0.1) is 6.10 Å². The second kappa shape index (κ2) is 7.54. The van der Waals surface area contributed by atoms with Crippen LogP contribution in [0.15, 0.2) is 11.1 Å². The molecule has 0 radical (unpaired) electrons. The van der Waals surface area contributed by atoms with Gasteiger partial charge in [-0.1, -0.05) is 30.9 Å². The van der Waals surface area contributed by atoms with Gasteiger partial charge in [0, 0.05) is 5.41 Å². The van der Waals surface area contributed by atoms with Crippen LogP contribution in [0.2, 0.25) is 0 Å². The van der Waals surface area contributed by atoms with Gasteiger partial charge in [0.25, 0.3) is 0 Å². The Balaban J connectivity index is 1.63. The molecule has 8 nitrogen and oxygen atoms in total. The molecule has 0 aromatic carbocycles. The van der Waals surface area contributed by atoms with Gasteiger partial charge in [-0.25, -0.2) is 8.37 Å². The summed E-state index contributed by atoms with van der Waals surface area (Å²) >= 11 is 0. The van der Waals surface area contributed by atoms with Crippen LogP contribution in [0.25, 0.3) is 0 Å². The highest BCUT2D eigenvalue weighted by molar-refractivity contribution is 7.81. The SMILES string of the molecule is C#C[C@]1(OS(=O)(=O)O)CC[C@H]2[C@@H]3[C@H](C)CC4=C(CC[C@@H](OS(=O)(=O)O)C4)[C@H]3CC[C@@]21C. The first-order chi connectivity index (χ1) is 14.3. The van der Waals surface area contributed by atoms with E-state index in [4.69, 9.17) is 19.3 Å². The van der Waals surface area contributed by atoms with E-state index >= 15 is 0 Å². The number of allylic oxidation sites excluding steroid dienone is 1. The fourth-order valence-corrected chi connectivity index (χ4v) is 8.60. The lowest BCUT2D eigenvalue weighted by molar-refractivity contribution is -0.0694. The van der Waals surface area contributed by atoms with Crippen LogP contribution in [-0.4, -0.2) is 37.6 Å². The van der Waals surface area contributed by atoms with Crippen molar-refractivity contribution >= 4 is 20.8 Å². The number of hydrogen-bond donors (Lipinski definition) is 2. The first-order valence-electron chi connectivity index (χ1n) is 10.8. The van der Waals surface area contributed by atoms with Gasteiger partial charge in [-0.2, -0.15) is 16.8 Å². The molecule has 0 bridgehead atoms. The van der Waals surface area contributed by atoms with E-state index in [0.29, 0.717) is 43.4 Å². The Hall–Kier alpha value is -0.960.